The average Bonchev–Trinajstić information content (AvgIpc) is 2.82. The Morgan fingerprint density at radius 2 is 1.65 bits per heavy atom. The zero-order valence-electron chi connectivity index (χ0n) is 15.2. The van der Waals surface area contributed by atoms with Gasteiger partial charge in [0.05, 0.1) is 16.2 Å². The molecule has 1 aliphatic heterocycles. The Kier molecular flexibility index (Phi) is 5.26. The van der Waals surface area contributed by atoms with Crippen LogP contribution in [0.15, 0.2) is 41.3 Å². The lowest BCUT2D eigenvalue weighted by Gasteiger charge is -2.18. The number of anilines is 1. The summed E-state index contributed by atoms with van der Waals surface area (Å²) in [5.74, 6) is 0.177. The molecule has 0 spiro atoms. The van der Waals surface area contributed by atoms with Crippen molar-refractivity contribution in [2.75, 3.05) is 10.7 Å². The molecule has 2 amide bonds. The molecule has 0 saturated carbocycles. The van der Waals surface area contributed by atoms with Gasteiger partial charge in [-0.3, -0.25) is 9.59 Å². The third kappa shape index (κ3) is 3.19. The van der Waals surface area contributed by atoms with Gasteiger partial charge in [-0.25, -0.2) is 4.90 Å². The summed E-state index contributed by atoms with van der Waals surface area (Å²) in [7, 11) is 0. The minimum Gasteiger partial charge on any atom is -0.268 e. The maximum Gasteiger partial charge on any atom is 0.272 e. The summed E-state index contributed by atoms with van der Waals surface area (Å²) in [6, 6.07) is 11.1. The maximum atomic E-state index is 13.2. The number of amides is 2. The van der Waals surface area contributed by atoms with Crippen LogP contribution in [0.2, 0.25) is 5.02 Å². The highest BCUT2D eigenvalue weighted by Gasteiger charge is 2.40. The lowest BCUT2D eigenvalue weighted by molar-refractivity contribution is -0.119. The number of aryl methyl sites for hydroxylation is 3. The molecule has 0 fully saturated rings. The molecular weight excluding hydrogens is 366 g/mol. The number of hydrogen-bond donors (Lipinski definition) is 0. The van der Waals surface area contributed by atoms with Gasteiger partial charge in [0, 0.05) is 5.02 Å². The summed E-state index contributed by atoms with van der Waals surface area (Å²) < 4.78 is 0. The smallest absolute Gasteiger partial charge is 0.268 e. The van der Waals surface area contributed by atoms with Crippen LogP contribution in [0.5, 0.6) is 0 Å². The van der Waals surface area contributed by atoms with Crippen LogP contribution in [0.1, 0.15) is 29.2 Å². The second-order valence-electron chi connectivity index (χ2n) is 6.31. The predicted molar refractivity (Wildman–Crippen MR) is 110 cm³/mol. The van der Waals surface area contributed by atoms with E-state index < -0.39 is 0 Å². The van der Waals surface area contributed by atoms with E-state index in [0.717, 1.165) is 28.0 Å². The fourth-order valence-corrected chi connectivity index (χ4v) is 4.11. The molecule has 0 aliphatic carbocycles. The lowest BCUT2D eigenvalue weighted by Crippen LogP contribution is -2.31. The second kappa shape index (κ2) is 7.29. The summed E-state index contributed by atoms with van der Waals surface area (Å²) in [6.45, 7) is 7.86. The molecule has 0 saturated heterocycles. The molecular formula is C21H20ClNO2S. The number of imide groups is 1. The number of benzene rings is 2. The van der Waals surface area contributed by atoms with Crippen LogP contribution in [0.25, 0.3) is 5.57 Å². The zero-order chi connectivity index (χ0) is 19.0. The first-order valence-corrected chi connectivity index (χ1v) is 9.81. The van der Waals surface area contributed by atoms with Crippen LogP contribution in [0, 0.1) is 20.8 Å². The fourth-order valence-electron chi connectivity index (χ4n) is 3.03. The summed E-state index contributed by atoms with van der Waals surface area (Å²) in [5.41, 5.74) is 4.90. The number of halogens is 1. The molecule has 0 N–H and O–H groups in total. The molecule has 1 heterocycles. The number of thioether (sulfide) groups is 1. The third-order valence-electron chi connectivity index (χ3n) is 4.53. The summed E-state index contributed by atoms with van der Waals surface area (Å²) in [5, 5.41) is 0.579. The highest BCUT2D eigenvalue weighted by molar-refractivity contribution is 8.04. The van der Waals surface area contributed by atoms with Gasteiger partial charge >= 0.3 is 0 Å². The van der Waals surface area contributed by atoms with E-state index in [1.165, 1.54) is 16.7 Å². The van der Waals surface area contributed by atoms with E-state index in [9.17, 15) is 9.59 Å². The van der Waals surface area contributed by atoms with Gasteiger partial charge in [-0.05, 0) is 67.0 Å². The molecule has 0 atom stereocenters. The van der Waals surface area contributed by atoms with Crippen LogP contribution in [-0.4, -0.2) is 17.6 Å². The van der Waals surface area contributed by atoms with Gasteiger partial charge in [0.25, 0.3) is 11.8 Å². The van der Waals surface area contributed by atoms with Crippen LogP contribution in [-0.2, 0) is 9.59 Å². The molecule has 134 valence electrons. The van der Waals surface area contributed by atoms with Crippen molar-refractivity contribution in [2.45, 2.75) is 27.7 Å². The Hall–Kier alpha value is -2.04. The van der Waals surface area contributed by atoms with Crippen molar-refractivity contribution in [3.05, 3.63) is 68.6 Å². The lowest BCUT2D eigenvalue weighted by atomic mass is 10.0. The van der Waals surface area contributed by atoms with Crippen LogP contribution >= 0.6 is 23.4 Å². The SMILES string of the molecule is CCSC1=C(c2ccc(C)c(C)c2)C(=O)N(c2ccc(Cl)cc2C)C1=O. The fraction of sp³-hybridized carbons (Fsp3) is 0.238. The van der Waals surface area contributed by atoms with Crippen molar-refractivity contribution in [1.82, 2.24) is 0 Å². The molecule has 3 rings (SSSR count). The predicted octanol–water partition coefficient (Wildman–Crippen LogP) is 5.30. The van der Waals surface area contributed by atoms with Gasteiger partial charge in [0.2, 0.25) is 0 Å². The van der Waals surface area contributed by atoms with Gasteiger partial charge in [-0.1, -0.05) is 36.7 Å². The van der Waals surface area contributed by atoms with Gasteiger partial charge in [0.15, 0.2) is 0 Å². The van der Waals surface area contributed by atoms with E-state index in [-0.39, 0.29) is 11.8 Å². The minimum absolute atomic E-state index is 0.263. The number of carbonyl (C=O) groups is 2. The molecule has 1 aliphatic rings. The van der Waals surface area contributed by atoms with Gasteiger partial charge in [-0.2, -0.15) is 0 Å². The quantitative estimate of drug-likeness (QED) is 0.670. The molecule has 5 heteroatoms. The average molecular weight is 386 g/mol. The van der Waals surface area contributed by atoms with E-state index in [2.05, 4.69) is 0 Å². The Labute approximate surface area is 163 Å². The second-order valence-corrected chi connectivity index (χ2v) is 8.02. The molecule has 0 aromatic heterocycles. The van der Waals surface area contributed by atoms with E-state index >= 15 is 0 Å². The topological polar surface area (TPSA) is 37.4 Å². The van der Waals surface area contributed by atoms with Crippen molar-refractivity contribution < 1.29 is 9.59 Å². The Balaban J connectivity index is 2.13. The van der Waals surface area contributed by atoms with Crippen molar-refractivity contribution in [2.24, 2.45) is 0 Å². The third-order valence-corrected chi connectivity index (χ3v) is 5.72. The summed E-state index contributed by atoms with van der Waals surface area (Å²) >= 11 is 7.44. The monoisotopic (exact) mass is 385 g/mol. The molecule has 2 aromatic rings. The standard InChI is InChI=1S/C21H20ClNO2S/c1-5-26-19-18(15-7-6-12(2)13(3)10-15)20(24)23(21(19)25)17-9-8-16(22)11-14(17)4/h6-11H,5H2,1-4H3. The van der Waals surface area contributed by atoms with E-state index in [4.69, 9.17) is 11.6 Å². The van der Waals surface area contributed by atoms with E-state index in [1.54, 1.807) is 18.2 Å². The van der Waals surface area contributed by atoms with E-state index in [1.807, 2.05) is 45.9 Å². The zero-order valence-corrected chi connectivity index (χ0v) is 16.8. The highest BCUT2D eigenvalue weighted by Crippen LogP contribution is 2.39. The summed E-state index contributed by atoms with van der Waals surface area (Å²) in [4.78, 5) is 28.1. The van der Waals surface area contributed by atoms with Crippen LogP contribution in [0.3, 0.4) is 0 Å². The van der Waals surface area contributed by atoms with E-state index in [0.29, 0.717) is 21.2 Å². The first-order valence-electron chi connectivity index (χ1n) is 8.44. The first kappa shape index (κ1) is 18.7. The number of nitrogens with zero attached hydrogens (tertiary/aromatic N) is 1. The van der Waals surface area contributed by atoms with Crippen molar-refractivity contribution in [3.8, 4) is 0 Å². The van der Waals surface area contributed by atoms with Gasteiger partial charge < -0.3 is 0 Å². The van der Waals surface area contributed by atoms with Gasteiger partial charge in [0.1, 0.15) is 0 Å². The van der Waals surface area contributed by atoms with Crippen molar-refractivity contribution >= 4 is 46.4 Å². The molecule has 26 heavy (non-hydrogen) atoms. The number of hydrogen-bond acceptors (Lipinski definition) is 3. The minimum atomic E-state index is -0.278. The normalized spacial score (nSPS) is 14.6. The van der Waals surface area contributed by atoms with Crippen LogP contribution < -0.4 is 4.90 Å². The highest BCUT2D eigenvalue weighted by atomic mass is 35.5. The van der Waals surface area contributed by atoms with Crippen LogP contribution in [0.4, 0.5) is 5.69 Å². The maximum absolute atomic E-state index is 13.2. The molecule has 0 unspecified atom stereocenters. The Bertz CT molecular complexity index is 949. The Morgan fingerprint density at radius 1 is 0.923 bits per heavy atom. The van der Waals surface area contributed by atoms with Gasteiger partial charge in [-0.15, -0.1) is 11.8 Å². The van der Waals surface area contributed by atoms with Crippen molar-refractivity contribution in [3.63, 3.8) is 0 Å². The molecule has 0 bridgehead atoms. The summed E-state index contributed by atoms with van der Waals surface area (Å²) in [6.07, 6.45) is 0. The first-order chi connectivity index (χ1) is 12.3. The molecule has 3 nitrogen and oxygen atoms in total. The Morgan fingerprint density at radius 3 is 2.27 bits per heavy atom. The largest absolute Gasteiger partial charge is 0.272 e. The molecule has 0 radical (unpaired) electrons. The molecule has 2 aromatic carbocycles. The van der Waals surface area contributed by atoms with Crippen molar-refractivity contribution in [1.29, 1.82) is 0 Å². The number of rotatable bonds is 4. The number of carbonyl (C=O) groups excluding carboxylic acids is 2.